The molecule has 2 aromatic rings. The van der Waals surface area contributed by atoms with Crippen LogP contribution < -0.4 is 0 Å². The fourth-order valence-electron chi connectivity index (χ4n) is 2.55. The Morgan fingerprint density at radius 1 is 1.42 bits per heavy atom. The number of carbonyl (C=O) groups is 1. The van der Waals surface area contributed by atoms with Gasteiger partial charge >= 0.3 is 6.09 Å². The molecule has 0 spiro atoms. The van der Waals surface area contributed by atoms with E-state index in [1.165, 1.54) is 0 Å². The summed E-state index contributed by atoms with van der Waals surface area (Å²) in [5.41, 5.74) is 0.0842. The zero-order valence-electron chi connectivity index (χ0n) is 13.8. The van der Waals surface area contributed by atoms with Crippen molar-refractivity contribution in [3.05, 3.63) is 28.7 Å². The Labute approximate surface area is 148 Å². The molecule has 2 aromatic heterocycles. The van der Waals surface area contributed by atoms with Crippen molar-refractivity contribution in [3.63, 3.8) is 0 Å². The van der Waals surface area contributed by atoms with Crippen LogP contribution in [0.1, 0.15) is 45.5 Å². The summed E-state index contributed by atoms with van der Waals surface area (Å²) in [6.07, 6.45) is 2.97. The molecule has 8 heteroatoms. The second kappa shape index (κ2) is 6.51. The summed E-state index contributed by atoms with van der Waals surface area (Å²) in [6, 6.07) is 3.41. The first-order valence-electron chi connectivity index (χ1n) is 7.78. The smallest absolute Gasteiger partial charge is 0.410 e. The molecule has 0 bridgehead atoms. The van der Waals surface area contributed by atoms with Gasteiger partial charge in [0.2, 0.25) is 11.7 Å². The topological polar surface area (TPSA) is 81.4 Å². The second-order valence-corrected chi connectivity index (χ2v) is 7.57. The number of hydrogen-bond donors (Lipinski definition) is 0. The average molecular weight is 395 g/mol. The molecule has 1 atom stereocenters. The fraction of sp³-hybridized carbons (Fsp3) is 0.500. The Bertz CT molecular complexity index is 724. The van der Waals surface area contributed by atoms with Crippen LogP contribution in [0.4, 0.5) is 4.79 Å². The van der Waals surface area contributed by atoms with Gasteiger partial charge in [0.05, 0.1) is 0 Å². The third-order valence-electron chi connectivity index (χ3n) is 3.56. The molecule has 0 N–H and O–H groups in total. The molecule has 24 heavy (non-hydrogen) atoms. The van der Waals surface area contributed by atoms with Gasteiger partial charge in [0.1, 0.15) is 17.3 Å². The lowest BCUT2D eigenvalue weighted by molar-refractivity contribution is 0.0199. The van der Waals surface area contributed by atoms with Crippen LogP contribution in [-0.4, -0.2) is 38.3 Å². The van der Waals surface area contributed by atoms with E-state index in [1.807, 2.05) is 26.8 Å². The number of amides is 1. The zero-order chi connectivity index (χ0) is 17.3. The number of aromatic nitrogens is 3. The summed E-state index contributed by atoms with van der Waals surface area (Å²) in [5, 5.41) is 3.99. The lowest BCUT2D eigenvalue weighted by atomic mass is 10.2. The van der Waals surface area contributed by atoms with Gasteiger partial charge < -0.3 is 9.26 Å². The number of ether oxygens (including phenoxy) is 1. The van der Waals surface area contributed by atoms with Crippen LogP contribution in [0.25, 0.3) is 11.5 Å². The first kappa shape index (κ1) is 16.9. The maximum atomic E-state index is 12.4. The molecular formula is C16H19BrN4O3. The highest BCUT2D eigenvalue weighted by Gasteiger charge is 2.36. The summed E-state index contributed by atoms with van der Waals surface area (Å²) in [5.74, 6) is 0.826. The van der Waals surface area contributed by atoms with Crippen LogP contribution in [0.3, 0.4) is 0 Å². The van der Waals surface area contributed by atoms with Crippen LogP contribution in [0.5, 0.6) is 0 Å². The molecule has 1 fully saturated rings. The molecule has 7 nitrogen and oxygen atoms in total. The van der Waals surface area contributed by atoms with Gasteiger partial charge in [-0.2, -0.15) is 4.98 Å². The summed E-state index contributed by atoms with van der Waals surface area (Å²) >= 11 is 3.34. The van der Waals surface area contributed by atoms with Crippen molar-refractivity contribution in [3.8, 4) is 11.5 Å². The standard InChI is InChI=1S/C16H19BrN4O3/c1-16(2,3)23-15(22)21-8-4-5-12(21)14-19-13(20-24-14)11-7-6-10(17)9-18-11/h6-7,9,12H,4-5,8H2,1-3H3/t12-/m0/s1. The number of likely N-dealkylation sites (tertiary alicyclic amines) is 1. The maximum absolute atomic E-state index is 12.4. The van der Waals surface area contributed by atoms with E-state index in [1.54, 1.807) is 17.2 Å². The molecule has 0 radical (unpaired) electrons. The normalized spacial score (nSPS) is 18.0. The van der Waals surface area contributed by atoms with Crippen molar-refractivity contribution in [2.24, 2.45) is 0 Å². The van der Waals surface area contributed by atoms with Crippen LogP contribution in [0.2, 0.25) is 0 Å². The van der Waals surface area contributed by atoms with E-state index in [0.717, 1.165) is 17.3 Å². The van der Waals surface area contributed by atoms with Crippen molar-refractivity contribution in [1.82, 2.24) is 20.0 Å². The van der Waals surface area contributed by atoms with Crippen LogP contribution in [0, 0.1) is 0 Å². The van der Waals surface area contributed by atoms with Crippen molar-refractivity contribution >= 4 is 22.0 Å². The molecule has 3 heterocycles. The van der Waals surface area contributed by atoms with E-state index in [0.29, 0.717) is 24.0 Å². The molecule has 3 rings (SSSR count). The predicted molar refractivity (Wildman–Crippen MR) is 90.1 cm³/mol. The van der Waals surface area contributed by atoms with Gasteiger partial charge in [-0.25, -0.2) is 4.79 Å². The molecule has 0 aromatic carbocycles. The van der Waals surface area contributed by atoms with Gasteiger partial charge in [0.15, 0.2) is 0 Å². The lowest BCUT2D eigenvalue weighted by Crippen LogP contribution is -2.36. The Morgan fingerprint density at radius 2 is 2.21 bits per heavy atom. The molecular weight excluding hydrogens is 376 g/mol. The van der Waals surface area contributed by atoms with Crippen molar-refractivity contribution in [2.75, 3.05) is 6.54 Å². The number of carbonyl (C=O) groups excluding carboxylic acids is 1. The molecule has 0 unspecified atom stereocenters. The van der Waals surface area contributed by atoms with Crippen molar-refractivity contribution in [1.29, 1.82) is 0 Å². The van der Waals surface area contributed by atoms with Gasteiger partial charge in [0, 0.05) is 17.2 Å². The number of hydrogen-bond acceptors (Lipinski definition) is 6. The van der Waals surface area contributed by atoms with E-state index in [4.69, 9.17) is 9.26 Å². The molecule has 1 aliphatic heterocycles. The quantitative estimate of drug-likeness (QED) is 0.766. The Kier molecular flexibility index (Phi) is 4.58. The largest absolute Gasteiger partial charge is 0.444 e. The second-order valence-electron chi connectivity index (χ2n) is 6.65. The molecule has 0 aliphatic carbocycles. The predicted octanol–water partition coefficient (Wildman–Crippen LogP) is 3.97. The minimum absolute atomic E-state index is 0.253. The van der Waals surface area contributed by atoms with E-state index >= 15 is 0 Å². The van der Waals surface area contributed by atoms with Gasteiger partial charge in [-0.05, 0) is 61.7 Å². The molecule has 128 valence electrons. The third-order valence-corrected chi connectivity index (χ3v) is 4.03. The number of nitrogens with zero attached hydrogens (tertiary/aromatic N) is 4. The van der Waals surface area contributed by atoms with Crippen LogP contribution >= 0.6 is 15.9 Å². The fourth-order valence-corrected chi connectivity index (χ4v) is 2.78. The monoisotopic (exact) mass is 394 g/mol. The van der Waals surface area contributed by atoms with E-state index in [9.17, 15) is 4.79 Å². The van der Waals surface area contributed by atoms with Gasteiger partial charge in [-0.15, -0.1) is 0 Å². The Morgan fingerprint density at radius 3 is 2.88 bits per heavy atom. The lowest BCUT2D eigenvalue weighted by Gasteiger charge is -2.26. The number of rotatable bonds is 2. The average Bonchev–Trinajstić information content (AvgIpc) is 3.15. The van der Waals surface area contributed by atoms with E-state index in [2.05, 4.69) is 31.1 Å². The van der Waals surface area contributed by atoms with Crippen molar-refractivity contribution < 1.29 is 14.1 Å². The number of halogens is 1. The third kappa shape index (κ3) is 3.75. The summed E-state index contributed by atoms with van der Waals surface area (Å²) in [7, 11) is 0. The summed E-state index contributed by atoms with van der Waals surface area (Å²) in [4.78, 5) is 22.7. The van der Waals surface area contributed by atoms with Gasteiger partial charge in [0.25, 0.3) is 0 Å². The molecule has 0 saturated carbocycles. The first-order chi connectivity index (χ1) is 11.3. The highest BCUT2D eigenvalue weighted by atomic mass is 79.9. The van der Waals surface area contributed by atoms with E-state index in [-0.39, 0.29) is 12.1 Å². The highest BCUT2D eigenvalue weighted by Crippen LogP contribution is 2.33. The minimum Gasteiger partial charge on any atom is -0.444 e. The molecule has 1 aliphatic rings. The maximum Gasteiger partial charge on any atom is 0.410 e. The SMILES string of the molecule is CC(C)(C)OC(=O)N1CCC[C@H]1c1nc(-c2ccc(Br)cn2)no1. The zero-order valence-corrected chi connectivity index (χ0v) is 15.4. The first-order valence-corrected chi connectivity index (χ1v) is 8.58. The van der Waals surface area contributed by atoms with Crippen LogP contribution in [-0.2, 0) is 4.74 Å². The van der Waals surface area contributed by atoms with E-state index < -0.39 is 5.60 Å². The highest BCUT2D eigenvalue weighted by molar-refractivity contribution is 9.10. The Hall–Kier alpha value is -1.96. The molecule has 1 amide bonds. The van der Waals surface area contributed by atoms with Crippen LogP contribution in [0.15, 0.2) is 27.3 Å². The Balaban J connectivity index is 1.78. The summed E-state index contributed by atoms with van der Waals surface area (Å²) in [6.45, 7) is 6.16. The molecule has 1 saturated heterocycles. The van der Waals surface area contributed by atoms with Gasteiger partial charge in [-0.3, -0.25) is 9.88 Å². The number of pyridine rings is 1. The summed E-state index contributed by atoms with van der Waals surface area (Å²) < 4.78 is 11.7. The minimum atomic E-state index is -0.536. The van der Waals surface area contributed by atoms with Crippen molar-refractivity contribution in [2.45, 2.75) is 45.3 Å². The van der Waals surface area contributed by atoms with Gasteiger partial charge in [-0.1, -0.05) is 5.16 Å².